The van der Waals surface area contributed by atoms with E-state index in [1.54, 1.807) is 0 Å². The highest BCUT2D eigenvalue weighted by Gasteiger charge is 2.28. The van der Waals surface area contributed by atoms with Gasteiger partial charge >= 0.3 is 6.09 Å². The summed E-state index contributed by atoms with van der Waals surface area (Å²) in [4.78, 5) is 19.1. The van der Waals surface area contributed by atoms with E-state index in [0.29, 0.717) is 6.54 Å². The van der Waals surface area contributed by atoms with E-state index < -0.39 is 5.60 Å². The van der Waals surface area contributed by atoms with E-state index in [1.807, 2.05) is 20.8 Å². The number of alkyl carbamates (subject to hydrolysis) is 1. The van der Waals surface area contributed by atoms with Gasteiger partial charge in [-0.15, -0.1) is 10.2 Å². The molecule has 0 saturated carbocycles. The molecule has 3 rings (SSSR count). The average molecular weight is 420 g/mol. The maximum absolute atomic E-state index is 12.0. The normalized spacial score (nSPS) is 19.9. The number of guanidine groups is 1. The van der Waals surface area contributed by atoms with Gasteiger partial charge in [0.05, 0.1) is 6.04 Å². The van der Waals surface area contributed by atoms with Crippen LogP contribution in [0.5, 0.6) is 0 Å². The molecule has 1 fully saturated rings. The van der Waals surface area contributed by atoms with Crippen LogP contribution in [0.2, 0.25) is 0 Å². The van der Waals surface area contributed by atoms with Crippen LogP contribution >= 0.6 is 0 Å². The first-order chi connectivity index (χ1) is 14.4. The van der Waals surface area contributed by atoms with Gasteiger partial charge in [-0.05, 0) is 47.0 Å². The number of likely N-dealkylation sites (tertiary alicyclic amines) is 1. The van der Waals surface area contributed by atoms with Gasteiger partial charge in [0, 0.05) is 45.6 Å². The van der Waals surface area contributed by atoms with Crippen LogP contribution in [-0.4, -0.2) is 69.5 Å². The van der Waals surface area contributed by atoms with Gasteiger partial charge in [0.1, 0.15) is 17.2 Å². The first-order valence-electron chi connectivity index (χ1n) is 11.3. The third-order valence-electron chi connectivity index (χ3n) is 5.33. The fourth-order valence-corrected chi connectivity index (χ4v) is 3.96. The number of hydrogen-bond acceptors (Lipinski definition) is 5. The van der Waals surface area contributed by atoms with Crippen molar-refractivity contribution in [2.24, 2.45) is 4.99 Å². The Hall–Kier alpha value is -2.32. The Bertz CT molecular complexity index is 738. The lowest BCUT2D eigenvalue weighted by molar-refractivity contribution is 0.0507. The Morgan fingerprint density at radius 2 is 2.07 bits per heavy atom. The van der Waals surface area contributed by atoms with Gasteiger partial charge in [-0.3, -0.25) is 4.99 Å². The van der Waals surface area contributed by atoms with Crippen molar-refractivity contribution in [1.29, 1.82) is 0 Å². The molecule has 1 saturated heterocycles. The molecule has 0 aromatic carbocycles. The molecule has 30 heavy (non-hydrogen) atoms. The fourth-order valence-electron chi connectivity index (χ4n) is 3.96. The second kappa shape index (κ2) is 10.1. The lowest BCUT2D eigenvalue weighted by atomic mass is 10.2. The molecule has 1 aromatic rings. The van der Waals surface area contributed by atoms with Crippen molar-refractivity contribution in [1.82, 2.24) is 30.3 Å². The molecule has 3 heterocycles. The first-order valence-corrected chi connectivity index (χ1v) is 11.3. The zero-order valence-electron chi connectivity index (χ0n) is 18.9. The molecule has 2 aliphatic rings. The molecule has 0 spiro atoms. The van der Waals surface area contributed by atoms with E-state index in [9.17, 15) is 4.79 Å². The van der Waals surface area contributed by atoms with E-state index in [-0.39, 0.29) is 12.1 Å². The molecule has 0 radical (unpaired) electrons. The van der Waals surface area contributed by atoms with Crippen molar-refractivity contribution in [2.45, 2.75) is 84.4 Å². The third kappa shape index (κ3) is 6.34. The summed E-state index contributed by atoms with van der Waals surface area (Å²) < 4.78 is 7.66. The summed E-state index contributed by atoms with van der Waals surface area (Å²) in [5, 5.41) is 15.1. The molecule has 1 amide bonds. The monoisotopic (exact) mass is 419 g/mol. The van der Waals surface area contributed by atoms with Crippen molar-refractivity contribution < 1.29 is 9.53 Å². The predicted molar refractivity (Wildman–Crippen MR) is 117 cm³/mol. The number of aromatic nitrogens is 3. The Balaban J connectivity index is 1.54. The predicted octanol–water partition coefficient (Wildman–Crippen LogP) is 2.11. The molecular formula is C21H37N7O2. The van der Waals surface area contributed by atoms with Crippen LogP contribution in [0, 0.1) is 0 Å². The molecule has 9 heteroatoms. The largest absolute Gasteiger partial charge is 0.444 e. The first kappa shape index (κ1) is 22.4. The van der Waals surface area contributed by atoms with Crippen LogP contribution in [0.3, 0.4) is 0 Å². The number of fused-ring (bicyclic) bond motifs is 1. The zero-order chi connectivity index (χ0) is 21.6. The van der Waals surface area contributed by atoms with Gasteiger partial charge in [-0.1, -0.05) is 6.42 Å². The van der Waals surface area contributed by atoms with Gasteiger partial charge in [-0.2, -0.15) is 0 Å². The Morgan fingerprint density at radius 1 is 1.23 bits per heavy atom. The van der Waals surface area contributed by atoms with Gasteiger partial charge in [0.15, 0.2) is 5.96 Å². The van der Waals surface area contributed by atoms with E-state index in [0.717, 1.165) is 63.0 Å². The lowest BCUT2D eigenvalue weighted by Crippen LogP contribution is -2.44. The second-order valence-electron chi connectivity index (χ2n) is 9.06. The SMILES string of the molecule is CCNC(=NCCc1nnc2n1CCCCC2)N1CCC(NC(=O)OC(C)(C)C)C1. The molecular weight excluding hydrogens is 382 g/mol. The Morgan fingerprint density at radius 3 is 2.83 bits per heavy atom. The summed E-state index contributed by atoms with van der Waals surface area (Å²) in [6, 6.07) is 0.0657. The number of hydrogen-bond donors (Lipinski definition) is 2. The summed E-state index contributed by atoms with van der Waals surface area (Å²) in [5.74, 6) is 3.05. The van der Waals surface area contributed by atoms with Gasteiger partial charge in [0.25, 0.3) is 0 Å². The minimum atomic E-state index is -0.487. The number of amides is 1. The second-order valence-corrected chi connectivity index (χ2v) is 9.06. The quantitative estimate of drug-likeness (QED) is 0.560. The maximum atomic E-state index is 12.0. The summed E-state index contributed by atoms with van der Waals surface area (Å²) in [5.41, 5.74) is -0.487. The van der Waals surface area contributed by atoms with E-state index in [1.165, 1.54) is 19.3 Å². The number of nitrogens with zero attached hydrogens (tertiary/aromatic N) is 5. The third-order valence-corrected chi connectivity index (χ3v) is 5.33. The highest BCUT2D eigenvalue weighted by molar-refractivity contribution is 5.80. The number of rotatable bonds is 5. The smallest absolute Gasteiger partial charge is 0.407 e. The molecule has 168 valence electrons. The van der Waals surface area contributed by atoms with E-state index in [4.69, 9.17) is 9.73 Å². The van der Waals surface area contributed by atoms with Crippen LogP contribution < -0.4 is 10.6 Å². The van der Waals surface area contributed by atoms with E-state index in [2.05, 4.69) is 37.2 Å². The highest BCUT2D eigenvalue weighted by Crippen LogP contribution is 2.15. The summed E-state index contributed by atoms with van der Waals surface area (Å²) in [7, 11) is 0. The Kier molecular flexibility index (Phi) is 7.55. The zero-order valence-corrected chi connectivity index (χ0v) is 18.9. The fraction of sp³-hybridized carbons (Fsp3) is 0.810. The van der Waals surface area contributed by atoms with Gasteiger partial charge in [0.2, 0.25) is 0 Å². The standard InChI is InChI=1S/C21H37N7O2/c1-5-22-19(27-14-11-16(15-27)24-20(29)30-21(2,3)4)23-12-10-18-26-25-17-9-7-6-8-13-28(17)18/h16H,5-15H2,1-4H3,(H,22,23)(H,24,29). The maximum Gasteiger partial charge on any atom is 0.407 e. The molecule has 0 aliphatic carbocycles. The van der Waals surface area contributed by atoms with Crippen molar-refractivity contribution in [2.75, 3.05) is 26.2 Å². The molecule has 1 atom stereocenters. The van der Waals surface area contributed by atoms with Crippen LogP contribution in [0.1, 0.15) is 65.0 Å². The topological polar surface area (TPSA) is 96.7 Å². The van der Waals surface area contributed by atoms with Crippen molar-refractivity contribution >= 4 is 12.1 Å². The molecule has 1 aromatic heterocycles. The lowest BCUT2D eigenvalue weighted by Gasteiger charge is -2.23. The molecule has 0 bridgehead atoms. The van der Waals surface area contributed by atoms with Crippen LogP contribution in [0.15, 0.2) is 4.99 Å². The summed E-state index contributed by atoms with van der Waals surface area (Å²) in [6.45, 7) is 11.8. The molecule has 2 aliphatic heterocycles. The number of ether oxygens (including phenoxy) is 1. The van der Waals surface area contributed by atoms with Crippen molar-refractivity contribution in [3.63, 3.8) is 0 Å². The minimum absolute atomic E-state index is 0.0657. The van der Waals surface area contributed by atoms with Crippen molar-refractivity contribution in [3.05, 3.63) is 11.6 Å². The number of aliphatic imine (C=N–C) groups is 1. The number of carbonyl (C=O) groups excluding carboxylic acids is 1. The highest BCUT2D eigenvalue weighted by atomic mass is 16.6. The minimum Gasteiger partial charge on any atom is -0.444 e. The summed E-state index contributed by atoms with van der Waals surface area (Å²) >= 11 is 0. The average Bonchev–Trinajstić information content (AvgIpc) is 3.20. The molecule has 9 nitrogen and oxygen atoms in total. The molecule has 1 unspecified atom stereocenters. The Labute approximate surface area is 179 Å². The van der Waals surface area contributed by atoms with Crippen LogP contribution in [0.25, 0.3) is 0 Å². The number of aryl methyl sites for hydroxylation is 1. The summed E-state index contributed by atoms with van der Waals surface area (Å²) in [6.07, 6.45) is 6.00. The van der Waals surface area contributed by atoms with Crippen molar-refractivity contribution in [3.8, 4) is 0 Å². The van der Waals surface area contributed by atoms with Gasteiger partial charge < -0.3 is 24.8 Å². The van der Waals surface area contributed by atoms with Gasteiger partial charge in [-0.25, -0.2) is 4.79 Å². The van der Waals surface area contributed by atoms with E-state index >= 15 is 0 Å². The van der Waals surface area contributed by atoms with Crippen LogP contribution in [-0.2, 0) is 24.1 Å². The number of carbonyl (C=O) groups is 1. The molecule has 2 N–H and O–H groups in total. The number of nitrogens with one attached hydrogen (secondary N) is 2. The van der Waals surface area contributed by atoms with Crippen LogP contribution in [0.4, 0.5) is 4.79 Å².